The van der Waals surface area contributed by atoms with Crippen LogP contribution < -0.4 is 0 Å². The molecule has 1 unspecified atom stereocenters. The van der Waals surface area contributed by atoms with Gasteiger partial charge in [0.25, 0.3) is 0 Å². The van der Waals surface area contributed by atoms with E-state index < -0.39 is 11.9 Å². The molecule has 0 aliphatic carbocycles. The fourth-order valence-corrected chi connectivity index (χ4v) is 3.52. The van der Waals surface area contributed by atoms with Gasteiger partial charge in [-0.05, 0) is 44.4 Å². The second-order valence-electron chi connectivity index (χ2n) is 6.73. The van der Waals surface area contributed by atoms with Crippen LogP contribution in [0.3, 0.4) is 0 Å². The summed E-state index contributed by atoms with van der Waals surface area (Å²) in [6, 6.07) is 6.22. The molecular weight excluding hydrogens is 337 g/mol. The average molecular weight is 359 g/mol. The van der Waals surface area contributed by atoms with Crippen LogP contribution >= 0.6 is 0 Å². The molecule has 1 atom stereocenters. The Hall–Kier alpha value is -2.70. The zero-order valence-corrected chi connectivity index (χ0v) is 14.9. The third kappa shape index (κ3) is 3.47. The quantitative estimate of drug-likeness (QED) is 0.911. The maximum atomic E-state index is 13.4. The van der Waals surface area contributed by atoms with Gasteiger partial charge >= 0.3 is 5.97 Å². The van der Waals surface area contributed by atoms with E-state index in [1.165, 1.54) is 18.3 Å². The highest BCUT2D eigenvalue weighted by Crippen LogP contribution is 2.27. The standard InChI is InChI=1S/C19H22FN3O3/c1-12(14-4-3-5-15(20)10-14)18(24)22-8-6-16(7-9-22)23-13(2)17(11-21-23)19(25)26/h3-5,10-12,16H,6-9H2,1-2H3,(H,25,26). The number of carboxylic acid groups (broad SMARTS) is 1. The van der Waals surface area contributed by atoms with Gasteiger partial charge in [-0.3, -0.25) is 9.48 Å². The van der Waals surface area contributed by atoms with Crippen molar-refractivity contribution in [3.05, 3.63) is 53.1 Å². The third-order valence-electron chi connectivity index (χ3n) is 5.12. The smallest absolute Gasteiger partial charge is 0.339 e. The molecule has 6 nitrogen and oxygen atoms in total. The first-order chi connectivity index (χ1) is 12.4. The van der Waals surface area contributed by atoms with E-state index in [1.807, 2.05) is 0 Å². The van der Waals surface area contributed by atoms with Crippen LogP contribution in [0.2, 0.25) is 0 Å². The minimum Gasteiger partial charge on any atom is -0.478 e. The summed E-state index contributed by atoms with van der Waals surface area (Å²) in [4.78, 5) is 25.7. The Bertz CT molecular complexity index is 825. The van der Waals surface area contributed by atoms with E-state index >= 15 is 0 Å². The van der Waals surface area contributed by atoms with E-state index in [-0.39, 0.29) is 23.3 Å². The van der Waals surface area contributed by atoms with Crippen LogP contribution in [0.25, 0.3) is 0 Å². The van der Waals surface area contributed by atoms with Crippen LogP contribution in [0.4, 0.5) is 4.39 Å². The Morgan fingerprint density at radius 3 is 2.58 bits per heavy atom. The molecule has 2 aromatic rings. The molecule has 1 saturated heterocycles. The maximum absolute atomic E-state index is 13.4. The molecule has 2 heterocycles. The Balaban J connectivity index is 1.65. The highest BCUT2D eigenvalue weighted by atomic mass is 19.1. The van der Waals surface area contributed by atoms with Crippen molar-refractivity contribution < 1.29 is 19.1 Å². The van der Waals surface area contributed by atoms with Crippen molar-refractivity contribution in [3.63, 3.8) is 0 Å². The Morgan fingerprint density at radius 2 is 2.00 bits per heavy atom. The van der Waals surface area contributed by atoms with Gasteiger partial charge in [-0.2, -0.15) is 5.10 Å². The minimum absolute atomic E-state index is 0.0162. The summed E-state index contributed by atoms with van der Waals surface area (Å²) < 4.78 is 15.1. The molecule has 7 heteroatoms. The number of aromatic nitrogens is 2. The number of carbonyl (C=O) groups excluding carboxylic acids is 1. The molecule has 1 aromatic heterocycles. The van der Waals surface area contributed by atoms with E-state index in [2.05, 4.69) is 5.10 Å². The SMILES string of the molecule is Cc1c(C(=O)O)cnn1C1CCN(C(=O)C(C)c2cccc(F)c2)CC1. The first-order valence-corrected chi connectivity index (χ1v) is 8.70. The van der Waals surface area contributed by atoms with Gasteiger partial charge in [0.1, 0.15) is 11.4 Å². The largest absolute Gasteiger partial charge is 0.478 e. The number of aromatic carboxylic acids is 1. The Morgan fingerprint density at radius 1 is 1.31 bits per heavy atom. The van der Waals surface area contributed by atoms with E-state index in [4.69, 9.17) is 5.11 Å². The number of carboxylic acids is 1. The number of hydrogen-bond donors (Lipinski definition) is 1. The van der Waals surface area contributed by atoms with Gasteiger partial charge < -0.3 is 10.0 Å². The van der Waals surface area contributed by atoms with Gasteiger partial charge in [-0.1, -0.05) is 12.1 Å². The maximum Gasteiger partial charge on any atom is 0.339 e. The summed E-state index contributed by atoms with van der Waals surface area (Å²) in [5.41, 5.74) is 1.52. The van der Waals surface area contributed by atoms with Gasteiger partial charge in [-0.25, -0.2) is 9.18 Å². The van der Waals surface area contributed by atoms with E-state index in [9.17, 15) is 14.0 Å². The molecule has 1 fully saturated rings. The Kier molecular flexibility index (Phi) is 5.06. The first kappa shape index (κ1) is 18.1. The number of piperidine rings is 1. The van der Waals surface area contributed by atoms with E-state index in [1.54, 1.807) is 35.6 Å². The topological polar surface area (TPSA) is 75.4 Å². The van der Waals surface area contributed by atoms with Crippen LogP contribution in [0.5, 0.6) is 0 Å². The number of hydrogen-bond acceptors (Lipinski definition) is 3. The van der Waals surface area contributed by atoms with Crippen molar-refractivity contribution >= 4 is 11.9 Å². The summed E-state index contributed by atoms with van der Waals surface area (Å²) in [5.74, 6) is -1.74. The molecule has 3 rings (SSSR count). The monoisotopic (exact) mass is 359 g/mol. The predicted molar refractivity (Wildman–Crippen MR) is 93.6 cm³/mol. The van der Waals surface area contributed by atoms with Crippen molar-refractivity contribution in [2.45, 2.75) is 38.6 Å². The summed E-state index contributed by atoms with van der Waals surface area (Å²) in [5, 5.41) is 13.4. The average Bonchev–Trinajstić information content (AvgIpc) is 3.02. The highest BCUT2D eigenvalue weighted by molar-refractivity contribution is 5.88. The van der Waals surface area contributed by atoms with Gasteiger partial charge in [0.05, 0.1) is 23.9 Å². The summed E-state index contributed by atoms with van der Waals surface area (Å²) in [6.07, 6.45) is 2.80. The second kappa shape index (κ2) is 7.27. The number of halogens is 1. The normalized spacial score (nSPS) is 16.5. The van der Waals surface area contributed by atoms with Crippen molar-refractivity contribution in [2.24, 2.45) is 0 Å². The molecule has 1 aliphatic rings. The molecule has 0 saturated carbocycles. The van der Waals surface area contributed by atoms with Crippen LogP contribution in [0.1, 0.15) is 53.3 Å². The van der Waals surface area contributed by atoms with Crippen LogP contribution in [-0.4, -0.2) is 44.8 Å². The van der Waals surface area contributed by atoms with E-state index in [0.29, 0.717) is 37.2 Å². The molecule has 0 spiro atoms. The number of amides is 1. The molecule has 0 bridgehead atoms. The van der Waals surface area contributed by atoms with Crippen molar-refractivity contribution in [1.29, 1.82) is 0 Å². The van der Waals surface area contributed by atoms with Crippen molar-refractivity contribution in [2.75, 3.05) is 13.1 Å². The molecule has 26 heavy (non-hydrogen) atoms. The zero-order valence-electron chi connectivity index (χ0n) is 14.9. The molecule has 1 N–H and O–H groups in total. The van der Waals surface area contributed by atoms with Gasteiger partial charge in [0.2, 0.25) is 5.91 Å². The van der Waals surface area contributed by atoms with Crippen molar-refractivity contribution in [3.8, 4) is 0 Å². The lowest BCUT2D eigenvalue weighted by Crippen LogP contribution is -2.41. The van der Waals surface area contributed by atoms with Gasteiger partial charge in [-0.15, -0.1) is 0 Å². The second-order valence-corrected chi connectivity index (χ2v) is 6.73. The number of nitrogens with zero attached hydrogens (tertiary/aromatic N) is 3. The Labute approximate surface area is 151 Å². The van der Waals surface area contributed by atoms with E-state index in [0.717, 1.165) is 0 Å². The molecule has 138 valence electrons. The van der Waals surface area contributed by atoms with Gasteiger partial charge in [0, 0.05) is 13.1 Å². The fraction of sp³-hybridized carbons (Fsp3) is 0.421. The number of likely N-dealkylation sites (tertiary alicyclic amines) is 1. The molecule has 0 radical (unpaired) electrons. The fourth-order valence-electron chi connectivity index (χ4n) is 3.52. The van der Waals surface area contributed by atoms with Crippen molar-refractivity contribution in [1.82, 2.24) is 14.7 Å². The summed E-state index contributed by atoms with van der Waals surface area (Å²) >= 11 is 0. The van der Waals surface area contributed by atoms with Crippen LogP contribution in [0, 0.1) is 12.7 Å². The highest BCUT2D eigenvalue weighted by Gasteiger charge is 2.29. The lowest BCUT2D eigenvalue weighted by atomic mass is 9.97. The summed E-state index contributed by atoms with van der Waals surface area (Å²) in [7, 11) is 0. The minimum atomic E-state index is -0.981. The first-order valence-electron chi connectivity index (χ1n) is 8.70. The number of rotatable bonds is 4. The molecule has 1 amide bonds. The zero-order chi connectivity index (χ0) is 18.8. The lowest BCUT2D eigenvalue weighted by molar-refractivity contribution is -0.133. The number of carbonyl (C=O) groups is 2. The number of benzene rings is 1. The molecule has 1 aliphatic heterocycles. The molecule has 1 aromatic carbocycles. The predicted octanol–water partition coefficient (Wildman–Crippen LogP) is 3.00. The van der Waals surface area contributed by atoms with Gasteiger partial charge in [0.15, 0.2) is 0 Å². The van der Waals surface area contributed by atoms with Crippen LogP contribution in [-0.2, 0) is 4.79 Å². The lowest BCUT2D eigenvalue weighted by Gasteiger charge is -2.34. The third-order valence-corrected chi connectivity index (χ3v) is 5.12. The molecular formula is C19H22FN3O3. The van der Waals surface area contributed by atoms with Crippen LogP contribution in [0.15, 0.2) is 30.5 Å². The summed E-state index contributed by atoms with van der Waals surface area (Å²) in [6.45, 7) is 4.69.